The second-order valence-corrected chi connectivity index (χ2v) is 3.86. The van der Waals surface area contributed by atoms with Crippen LogP contribution < -0.4 is 11.1 Å². The molecule has 0 saturated carbocycles. The van der Waals surface area contributed by atoms with E-state index in [4.69, 9.17) is 10.5 Å². The van der Waals surface area contributed by atoms with Gasteiger partial charge < -0.3 is 20.5 Å². The molecule has 0 aromatic heterocycles. The lowest BCUT2D eigenvalue weighted by molar-refractivity contribution is -0.143. The Balaban J connectivity index is 0.00000361. The smallest absolute Gasteiger partial charge is 0.408 e. The SMILES string of the molecule is COC(=O)[C@@H](CCN)NC(=O)OCc1ccccc1.Cl. The first kappa shape index (κ1) is 18.2. The number of amides is 1. The van der Waals surface area contributed by atoms with Crippen molar-refractivity contribution in [1.82, 2.24) is 5.32 Å². The lowest BCUT2D eigenvalue weighted by atomic mass is 10.2. The first-order valence-electron chi connectivity index (χ1n) is 5.92. The van der Waals surface area contributed by atoms with Gasteiger partial charge in [-0.3, -0.25) is 0 Å². The van der Waals surface area contributed by atoms with Crippen LogP contribution in [0, 0.1) is 0 Å². The Morgan fingerprint density at radius 2 is 1.95 bits per heavy atom. The lowest BCUT2D eigenvalue weighted by Crippen LogP contribution is -2.42. The van der Waals surface area contributed by atoms with Crippen LogP contribution in [0.3, 0.4) is 0 Å². The molecule has 0 bridgehead atoms. The van der Waals surface area contributed by atoms with Crippen molar-refractivity contribution in [3.05, 3.63) is 35.9 Å². The zero-order valence-corrected chi connectivity index (χ0v) is 12.0. The van der Waals surface area contributed by atoms with Gasteiger partial charge in [0.2, 0.25) is 0 Å². The molecule has 1 aromatic rings. The highest BCUT2D eigenvalue weighted by Crippen LogP contribution is 2.01. The zero-order chi connectivity index (χ0) is 14.1. The average molecular weight is 303 g/mol. The van der Waals surface area contributed by atoms with Crippen LogP contribution in [0.1, 0.15) is 12.0 Å². The molecule has 0 radical (unpaired) electrons. The van der Waals surface area contributed by atoms with Crippen molar-refractivity contribution in [1.29, 1.82) is 0 Å². The number of esters is 1. The first-order chi connectivity index (χ1) is 9.17. The zero-order valence-electron chi connectivity index (χ0n) is 11.2. The predicted molar refractivity (Wildman–Crippen MR) is 76.5 cm³/mol. The van der Waals surface area contributed by atoms with E-state index in [-0.39, 0.29) is 25.6 Å². The van der Waals surface area contributed by atoms with E-state index in [9.17, 15) is 9.59 Å². The summed E-state index contributed by atoms with van der Waals surface area (Å²) in [6, 6.07) is 8.47. The average Bonchev–Trinajstić information content (AvgIpc) is 2.45. The Kier molecular flexibility index (Phi) is 9.15. The van der Waals surface area contributed by atoms with E-state index < -0.39 is 18.1 Å². The summed E-state index contributed by atoms with van der Waals surface area (Å²) in [6.07, 6.45) is -0.375. The van der Waals surface area contributed by atoms with E-state index in [0.717, 1.165) is 5.56 Å². The predicted octanol–water partition coefficient (Wildman–Crippen LogP) is 1.23. The highest BCUT2D eigenvalue weighted by Gasteiger charge is 2.21. The summed E-state index contributed by atoms with van der Waals surface area (Å²) in [7, 11) is 1.25. The van der Waals surface area contributed by atoms with Gasteiger partial charge in [-0.05, 0) is 18.5 Å². The van der Waals surface area contributed by atoms with Crippen LogP contribution in [0.25, 0.3) is 0 Å². The molecule has 0 fully saturated rings. The van der Waals surface area contributed by atoms with E-state index in [1.807, 2.05) is 30.3 Å². The third-order valence-corrected chi connectivity index (χ3v) is 2.45. The van der Waals surface area contributed by atoms with E-state index >= 15 is 0 Å². The second-order valence-electron chi connectivity index (χ2n) is 3.86. The molecular formula is C13H19ClN2O4. The fourth-order valence-corrected chi connectivity index (χ4v) is 1.46. The van der Waals surface area contributed by atoms with E-state index in [0.29, 0.717) is 6.42 Å². The number of halogens is 1. The Bertz CT molecular complexity index is 414. The van der Waals surface area contributed by atoms with Gasteiger partial charge in [-0.2, -0.15) is 0 Å². The van der Waals surface area contributed by atoms with Crippen LogP contribution in [0.2, 0.25) is 0 Å². The molecule has 0 aliphatic carbocycles. The van der Waals surface area contributed by atoms with Gasteiger partial charge in [0.25, 0.3) is 0 Å². The maximum absolute atomic E-state index is 11.5. The van der Waals surface area contributed by atoms with Crippen LogP contribution in [0.15, 0.2) is 30.3 Å². The number of ether oxygens (including phenoxy) is 2. The minimum Gasteiger partial charge on any atom is -0.467 e. The van der Waals surface area contributed by atoms with Crippen molar-refractivity contribution in [2.75, 3.05) is 13.7 Å². The fraction of sp³-hybridized carbons (Fsp3) is 0.385. The molecule has 7 heteroatoms. The Hall–Kier alpha value is -1.79. The van der Waals surface area contributed by atoms with Crippen LogP contribution >= 0.6 is 12.4 Å². The van der Waals surface area contributed by atoms with Crippen molar-refractivity contribution in [2.45, 2.75) is 19.1 Å². The summed E-state index contributed by atoms with van der Waals surface area (Å²) in [5.74, 6) is -0.540. The summed E-state index contributed by atoms with van der Waals surface area (Å²) in [5.41, 5.74) is 6.23. The molecule has 112 valence electrons. The van der Waals surface area contributed by atoms with Crippen molar-refractivity contribution in [3.63, 3.8) is 0 Å². The fourth-order valence-electron chi connectivity index (χ4n) is 1.46. The van der Waals surface area contributed by atoms with Gasteiger partial charge in [0.1, 0.15) is 12.6 Å². The van der Waals surface area contributed by atoms with Crippen LogP contribution in [-0.4, -0.2) is 31.8 Å². The van der Waals surface area contributed by atoms with Crippen molar-refractivity contribution in [3.8, 4) is 0 Å². The third kappa shape index (κ3) is 6.40. The normalized spacial score (nSPS) is 10.9. The molecule has 3 N–H and O–H groups in total. The molecule has 0 spiro atoms. The number of nitrogens with one attached hydrogen (secondary N) is 1. The molecule has 0 aliphatic heterocycles. The number of carbonyl (C=O) groups excluding carboxylic acids is 2. The molecule has 1 aromatic carbocycles. The first-order valence-corrected chi connectivity index (χ1v) is 5.92. The summed E-state index contributed by atoms with van der Waals surface area (Å²) >= 11 is 0. The molecule has 0 aliphatic rings. The lowest BCUT2D eigenvalue weighted by Gasteiger charge is -2.15. The van der Waals surface area contributed by atoms with Crippen molar-refractivity contribution < 1.29 is 19.1 Å². The number of hydrogen-bond donors (Lipinski definition) is 2. The maximum atomic E-state index is 11.5. The molecule has 0 unspecified atom stereocenters. The van der Waals surface area contributed by atoms with Crippen LogP contribution in [0.5, 0.6) is 0 Å². The van der Waals surface area contributed by atoms with E-state index in [1.54, 1.807) is 0 Å². The van der Waals surface area contributed by atoms with Gasteiger partial charge in [-0.1, -0.05) is 30.3 Å². The molecule has 1 rings (SSSR count). The number of rotatable bonds is 6. The van der Waals surface area contributed by atoms with E-state index in [2.05, 4.69) is 10.1 Å². The maximum Gasteiger partial charge on any atom is 0.408 e. The largest absolute Gasteiger partial charge is 0.467 e. The van der Waals surface area contributed by atoms with Crippen molar-refractivity contribution >= 4 is 24.5 Å². The monoisotopic (exact) mass is 302 g/mol. The second kappa shape index (κ2) is 10.1. The van der Waals surface area contributed by atoms with Gasteiger partial charge in [-0.25, -0.2) is 9.59 Å². The number of methoxy groups -OCH3 is 1. The molecule has 0 saturated heterocycles. The minimum absolute atomic E-state index is 0. The number of alkyl carbamates (subject to hydrolysis) is 1. The summed E-state index contributed by atoms with van der Waals surface area (Å²) in [6.45, 7) is 0.405. The van der Waals surface area contributed by atoms with Crippen LogP contribution in [-0.2, 0) is 20.9 Å². The molecule has 0 heterocycles. The Morgan fingerprint density at radius 3 is 2.50 bits per heavy atom. The number of nitrogens with two attached hydrogens (primary N) is 1. The minimum atomic E-state index is -0.779. The van der Waals surface area contributed by atoms with Gasteiger partial charge in [-0.15, -0.1) is 12.4 Å². The quantitative estimate of drug-likeness (QED) is 0.771. The molecule has 20 heavy (non-hydrogen) atoms. The van der Waals surface area contributed by atoms with Crippen LogP contribution in [0.4, 0.5) is 4.79 Å². The highest BCUT2D eigenvalue weighted by atomic mass is 35.5. The standard InChI is InChI=1S/C13H18N2O4.ClH/c1-18-12(16)11(7-8-14)15-13(17)19-9-10-5-3-2-4-6-10;/h2-6,11H,7-9,14H2,1H3,(H,15,17);1H/t11-;/m1./s1. The number of benzene rings is 1. The van der Waals surface area contributed by atoms with Gasteiger partial charge in [0, 0.05) is 0 Å². The number of hydrogen-bond acceptors (Lipinski definition) is 5. The van der Waals surface area contributed by atoms with Gasteiger partial charge in [0.15, 0.2) is 0 Å². The summed E-state index contributed by atoms with van der Waals surface area (Å²) < 4.78 is 9.56. The Morgan fingerprint density at radius 1 is 1.30 bits per heavy atom. The Labute approximate surface area is 124 Å². The molecule has 1 atom stereocenters. The molecule has 6 nitrogen and oxygen atoms in total. The van der Waals surface area contributed by atoms with Crippen molar-refractivity contribution in [2.24, 2.45) is 5.73 Å². The molecule has 1 amide bonds. The third-order valence-electron chi connectivity index (χ3n) is 2.45. The highest BCUT2D eigenvalue weighted by molar-refractivity contribution is 5.85. The topological polar surface area (TPSA) is 90.6 Å². The molecular weight excluding hydrogens is 284 g/mol. The van der Waals surface area contributed by atoms with Gasteiger partial charge >= 0.3 is 12.1 Å². The van der Waals surface area contributed by atoms with Gasteiger partial charge in [0.05, 0.1) is 7.11 Å². The van der Waals surface area contributed by atoms with E-state index in [1.165, 1.54) is 7.11 Å². The summed E-state index contributed by atoms with van der Waals surface area (Å²) in [5, 5.41) is 2.42. The summed E-state index contributed by atoms with van der Waals surface area (Å²) in [4.78, 5) is 22.9. The number of carbonyl (C=O) groups is 2.